The van der Waals surface area contributed by atoms with Gasteiger partial charge in [0.05, 0.1) is 5.75 Å². The molecule has 4 aromatic rings. The van der Waals surface area contributed by atoms with Gasteiger partial charge in [-0.15, -0.1) is 5.10 Å². The van der Waals surface area contributed by atoms with Crippen LogP contribution in [0.25, 0.3) is 22.2 Å². The largest absolute Gasteiger partial charge is 0.451 e. The highest BCUT2D eigenvalue weighted by molar-refractivity contribution is 7.89. The van der Waals surface area contributed by atoms with E-state index in [9.17, 15) is 13.2 Å². The summed E-state index contributed by atoms with van der Waals surface area (Å²) in [6.07, 6.45) is 1.13. The number of nitrogens with one attached hydrogen (secondary N) is 1. The van der Waals surface area contributed by atoms with E-state index in [0.717, 1.165) is 17.5 Å². The van der Waals surface area contributed by atoms with Gasteiger partial charge in [0.25, 0.3) is 5.91 Å². The minimum atomic E-state index is -3.35. The number of para-hydroxylation sites is 1. The van der Waals surface area contributed by atoms with Gasteiger partial charge in [0.15, 0.2) is 15.6 Å². The maximum atomic E-state index is 12.8. The highest BCUT2D eigenvalue weighted by Gasteiger charge is 2.23. The lowest BCUT2D eigenvalue weighted by Crippen LogP contribution is -2.14. The molecule has 0 aliphatic heterocycles. The summed E-state index contributed by atoms with van der Waals surface area (Å²) in [5, 5.41) is 9.21. The number of anilines is 1. The minimum absolute atomic E-state index is 0.000553. The summed E-state index contributed by atoms with van der Waals surface area (Å²) in [4.78, 5) is 12.8. The van der Waals surface area contributed by atoms with Crippen molar-refractivity contribution >= 4 is 43.9 Å². The number of fused-ring (bicyclic) bond motifs is 1. The Kier molecular flexibility index (Phi) is 4.70. The van der Waals surface area contributed by atoms with Gasteiger partial charge in [-0.25, -0.2) is 8.42 Å². The Morgan fingerprint density at radius 2 is 1.89 bits per heavy atom. The normalized spacial score (nSPS) is 11.6. The molecule has 0 saturated carbocycles. The van der Waals surface area contributed by atoms with Crippen molar-refractivity contribution in [2.24, 2.45) is 0 Å². The van der Waals surface area contributed by atoms with Gasteiger partial charge in [-0.1, -0.05) is 34.8 Å². The molecular formula is C19H15N3O4S2. The summed E-state index contributed by atoms with van der Waals surface area (Å²) in [7, 11) is -3.35. The molecular weight excluding hydrogens is 398 g/mol. The van der Waals surface area contributed by atoms with Gasteiger partial charge in [-0.2, -0.15) is 0 Å². The maximum absolute atomic E-state index is 12.8. The van der Waals surface area contributed by atoms with E-state index in [4.69, 9.17) is 4.42 Å². The highest BCUT2D eigenvalue weighted by atomic mass is 32.2. The summed E-state index contributed by atoms with van der Waals surface area (Å²) >= 11 is 1.26. The molecule has 7 nitrogen and oxygen atoms in total. The Bertz CT molecular complexity index is 1240. The van der Waals surface area contributed by atoms with Crippen LogP contribution in [0.15, 0.2) is 58.3 Å². The zero-order chi connectivity index (χ0) is 19.7. The molecule has 0 bridgehead atoms. The lowest BCUT2D eigenvalue weighted by molar-refractivity contribution is 0.0998. The number of nitrogens with zero attached hydrogens (tertiary/aromatic N) is 2. The lowest BCUT2D eigenvalue weighted by Gasteiger charge is -2.06. The summed E-state index contributed by atoms with van der Waals surface area (Å²) < 4.78 is 33.2. The van der Waals surface area contributed by atoms with Crippen molar-refractivity contribution in [1.82, 2.24) is 9.59 Å². The van der Waals surface area contributed by atoms with Crippen molar-refractivity contribution in [3.63, 3.8) is 0 Å². The predicted molar refractivity (Wildman–Crippen MR) is 108 cm³/mol. The SMILES string of the molecule is CS(=O)(=O)Cc1c(C(=O)Nc2ccc(-c3csnn3)cc2)oc2ccccc12. The summed E-state index contributed by atoms with van der Waals surface area (Å²) in [6, 6.07) is 14.1. The lowest BCUT2D eigenvalue weighted by atomic mass is 10.1. The van der Waals surface area contributed by atoms with Crippen LogP contribution in [0.4, 0.5) is 5.69 Å². The minimum Gasteiger partial charge on any atom is -0.451 e. The summed E-state index contributed by atoms with van der Waals surface area (Å²) in [6.45, 7) is 0. The van der Waals surface area contributed by atoms with Crippen molar-refractivity contribution in [1.29, 1.82) is 0 Å². The first-order valence-corrected chi connectivity index (χ1v) is 11.2. The van der Waals surface area contributed by atoms with Crippen LogP contribution in [0.5, 0.6) is 0 Å². The number of carbonyl (C=O) groups excluding carboxylic acids is 1. The standard InChI is InChI=1S/C19H15N3O4S2/c1-28(24,25)11-15-14-4-2-3-5-17(14)26-18(15)19(23)20-13-8-6-12(7-9-13)16-10-27-22-21-16/h2-10H,11H2,1H3,(H,20,23). The van der Waals surface area contributed by atoms with Gasteiger partial charge in [0, 0.05) is 33.8 Å². The highest BCUT2D eigenvalue weighted by Crippen LogP contribution is 2.28. The van der Waals surface area contributed by atoms with E-state index >= 15 is 0 Å². The molecule has 0 saturated heterocycles. The van der Waals surface area contributed by atoms with E-state index in [-0.39, 0.29) is 11.5 Å². The van der Waals surface area contributed by atoms with Crippen LogP contribution in [-0.4, -0.2) is 30.2 Å². The van der Waals surface area contributed by atoms with Crippen LogP contribution in [-0.2, 0) is 15.6 Å². The quantitative estimate of drug-likeness (QED) is 0.535. The number of furan rings is 1. The van der Waals surface area contributed by atoms with Gasteiger partial charge < -0.3 is 9.73 Å². The Hall–Kier alpha value is -3.04. The molecule has 0 aliphatic carbocycles. The number of benzene rings is 2. The Balaban J connectivity index is 1.64. The van der Waals surface area contributed by atoms with Gasteiger partial charge in [0.1, 0.15) is 11.3 Å². The average molecular weight is 413 g/mol. The third-order valence-electron chi connectivity index (χ3n) is 4.11. The third-order valence-corrected chi connectivity index (χ3v) is 5.43. The monoisotopic (exact) mass is 413 g/mol. The summed E-state index contributed by atoms with van der Waals surface area (Å²) in [5.74, 6) is -0.778. The molecule has 0 unspecified atom stereocenters. The first kappa shape index (κ1) is 18.3. The van der Waals surface area contributed by atoms with Gasteiger partial charge in [0.2, 0.25) is 0 Å². The first-order valence-electron chi connectivity index (χ1n) is 8.28. The zero-order valence-electron chi connectivity index (χ0n) is 14.7. The molecule has 0 atom stereocenters. The van der Waals surface area contributed by atoms with Crippen LogP contribution in [0.3, 0.4) is 0 Å². The molecule has 142 valence electrons. The molecule has 1 N–H and O–H groups in total. The van der Waals surface area contributed by atoms with Crippen LogP contribution >= 0.6 is 11.5 Å². The van der Waals surface area contributed by atoms with E-state index < -0.39 is 15.7 Å². The van der Waals surface area contributed by atoms with E-state index in [1.54, 1.807) is 36.4 Å². The molecule has 9 heteroatoms. The molecule has 0 radical (unpaired) electrons. The second-order valence-corrected chi connectivity index (χ2v) is 9.05. The molecule has 2 aromatic heterocycles. The number of hydrogen-bond donors (Lipinski definition) is 1. The molecule has 28 heavy (non-hydrogen) atoms. The second-order valence-electron chi connectivity index (χ2n) is 6.30. The number of amides is 1. The number of rotatable bonds is 5. The maximum Gasteiger partial charge on any atom is 0.291 e. The number of hydrogen-bond acceptors (Lipinski definition) is 7. The van der Waals surface area contributed by atoms with Crippen molar-refractivity contribution in [3.05, 3.63) is 65.2 Å². The van der Waals surface area contributed by atoms with E-state index in [1.807, 2.05) is 17.5 Å². The number of aromatic nitrogens is 2. The number of sulfone groups is 1. The molecule has 1 amide bonds. The van der Waals surface area contributed by atoms with Gasteiger partial charge in [-0.05, 0) is 29.7 Å². The van der Waals surface area contributed by atoms with Crippen molar-refractivity contribution in [2.75, 3.05) is 11.6 Å². The average Bonchev–Trinajstić information content (AvgIpc) is 3.30. The topological polar surface area (TPSA) is 102 Å². The molecule has 0 fully saturated rings. The second kappa shape index (κ2) is 7.17. The fourth-order valence-corrected chi connectivity index (χ4v) is 4.17. The van der Waals surface area contributed by atoms with Crippen LogP contribution in [0, 0.1) is 0 Å². The van der Waals surface area contributed by atoms with E-state index in [2.05, 4.69) is 14.9 Å². The third kappa shape index (κ3) is 3.80. The Morgan fingerprint density at radius 3 is 2.57 bits per heavy atom. The fraction of sp³-hybridized carbons (Fsp3) is 0.105. The van der Waals surface area contributed by atoms with Gasteiger partial charge in [-0.3, -0.25) is 4.79 Å². The molecule has 2 aromatic carbocycles. The Morgan fingerprint density at radius 1 is 1.14 bits per heavy atom. The fourth-order valence-electron chi connectivity index (χ4n) is 2.89. The predicted octanol–water partition coefficient (Wildman–Crippen LogP) is 3.75. The number of carbonyl (C=O) groups is 1. The molecule has 0 aliphatic rings. The summed E-state index contributed by atoms with van der Waals surface area (Å²) in [5.41, 5.74) is 3.03. The van der Waals surface area contributed by atoms with Crippen LogP contribution < -0.4 is 5.32 Å². The molecule has 0 spiro atoms. The smallest absolute Gasteiger partial charge is 0.291 e. The van der Waals surface area contributed by atoms with E-state index in [0.29, 0.717) is 22.2 Å². The van der Waals surface area contributed by atoms with Crippen molar-refractivity contribution in [3.8, 4) is 11.3 Å². The molecule has 4 rings (SSSR count). The van der Waals surface area contributed by atoms with Crippen LogP contribution in [0.2, 0.25) is 0 Å². The Labute approximate surface area is 165 Å². The van der Waals surface area contributed by atoms with Crippen LogP contribution in [0.1, 0.15) is 16.1 Å². The first-order chi connectivity index (χ1) is 13.4. The zero-order valence-corrected chi connectivity index (χ0v) is 16.4. The molecule has 2 heterocycles. The van der Waals surface area contributed by atoms with Crippen molar-refractivity contribution < 1.29 is 17.6 Å². The van der Waals surface area contributed by atoms with Crippen molar-refractivity contribution in [2.45, 2.75) is 5.75 Å². The van der Waals surface area contributed by atoms with E-state index in [1.165, 1.54) is 11.5 Å². The van der Waals surface area contributed by atoms with Gasteiger partial charge >= 0.3 is 0 Å².